The average Bonchev–Trinajstić information content (AvgIpc) is 2.36. The van der Waals surface area contributed by atoms with E-state index in [9.17, 15) is 0 Å². The molecular weight excluding hydrogens is 264 g/mol. The Morgan fingerprint density at radius 1 is 1.25 bits per heavy atom. The summed E-state index contributed by atoms with van der Waals surface area (Å²) in [5.74, 6) is 0. The summed E-state index contributed by atoms with van der Waals surface area (Å²) in [6, 6.07) is 10.3. The highest BCUT2D eigenvalue weighted by atomic mass is 79.9. The fraction of sp³-hybridized carbons (Fsp3) is 0.571. The van der Waals surface area contributed by atoms with Crippen molar-refractivity contribution in [2.75, 3.05) is 11.9 Å². The summed E-state index contributed by atoms with van der Waals surface area (Å²) in [5.41, 5.74) is 1.62. The molecule has 0 radical (unpaired) electrons. The highest BCUT2D eigenvalue weighted by molar-refractivity contribution is 9.09. The predicted molar refractivity (Wildman–Crippen MR) is 72.9 cm³/mol. The van der Waals surface area contributed by atoms with Crippen LogP contribution in [0.5, 0.6) is 0 Å². The second-order valence-electron chi connectivity index (χ2n) is 4.59. The molecule has 0 saturated heterocycles. The van der Waals surface area contributed by atoms with Crippen LogP contribution in [0.4, 0.5) is 0 Å². The molecule has 0 spiro atoms. The normalized spacial score (nSPS) is 14.7. The molecule has 0 amide bonds. The van der Waals surface area contributed by atoms with Gasteiger partial charge in [0, 0.05) is 11.9 Å². The van der Waals surface area contributed by atoms with E-state index in [4.69, 9.17) is 4.74 Å². The Bertz CT molecular complexity index is 280. The Hall–Kier alpha value is -0.340. The molecule has 0 aliphatic carbocycles. The average molecular weight is 285 g/mol. The highest BCUT2D eigenvalue weighted by Crippen LogP contribution is 2.27. The largest absolute Gasteiger partial charge is 0.377 e. The lowest BCUT2D eigenvalue weighted by Gasteiger charge is -2.25. The molecule has 1 nitrogen and oxygen atoms in total. The topological polar surface area (TPSA) is 9.23 Å². The van der Waals surface area contributed by atoms with Gasteiger partial charge in [-0.15, -0.1) is 0 Å². The summed E-state index contributed by atoms with van der Waals surface area (Å²) < 4.78 is 5.70. The van der Waals surface area contributed by atoms with Crippen molar-refractivity contribution in [1.29, 1.82) is 0 Å². The number of halogens is 1. The van der Waals surface area contributed by atoms with Crippen molar-refractivity contribution in [2.24, 2.45) is 5.41 Å². The molecule has 1 aromatic carbocycles. The van der Waals surface area contributed by atoms with Gasteiger partial charge in [0.15, 0.2) is 0 Å². The lowest BCUT2D eigenvalue weighted by molar-refractivity contribution is 0.0925. The summed E-state index contributed by atoms with van der Waals surface area (Å²) in [5, 5.41) is 1.05. The molecule has 90 valence electrons. The minimum absolute atomic E-state index is 0.372. The van der Waals surface area contributed by atoms with Crippen LogP contribution in [0.3, 0.4) is 0 Å². The van der Waals surface area contributed by atoms with E-state index in [1.807, 2.05) is 18.2 Å². The Morgan fingerprint density at radius 2 is 1.94 bits per heavy atom. The van der Waals surface area contributed by atoms with Crippen molar-refractivity contribution in [1.82, 2.24) is 0 Å². The minimum atomic E-state index is 0.372. The van der Waals surface area contributed by atoms with Crippen LogP contribution in [-0.2, 0) is 11.3 Å². The first-order valence-electron chi connectivity index (χ1n) is 5.88. The second-order valence-corrected chi connectivity index (χ2v) is 5.15. The van der Waals surface area contributed by atoms with Gasteiger partial charge in [0.05, 0.1) is 6.61 Å². The molecule has 0 fully saturated rings. The van der Waals surface area contributed by atoms with Gasteiger partial charge < -0.3 is 4.74 Å². The number of benzene rings is 1. The van der Waals surface area contributed by atoms with E-state index in [0.717, 1.165) is 25.0 Å². The van der Waals surface area contributed by atoms with Gasteiger partial charge >= 0.3 is 0 Å². The molecule has 0 N–H and O–H groups in total. The second kappa shape index (κ2) is 7.08. The van der Waals surface area contributed by atoms with E-state index in [-0.39, 0.29) is 0 Å². The molecule has 0 bridgehead atoms. The smallest absolute Gasteiger partial charge is 0.0716 e. The maximum Gasteiger partial charge on any atom is 0.0716 e. The summed E-state index contributed by atoms with van der Waals surface area (Å²) >= 11 is 3.57. The van der Waals surface area contributed by atoms with Crippen LogP contribution in [0, 0.1) is 5.41 Å². The summed E-state index contributed by atoms with van der Waals surface area (Å²) in [4.78, 5) is 0. The van der Waals surface area contributed by atoms with Gasteiger partial charge in [0.25, 0.3) is 0 Å². The van der Waals surface area contributed by atoms with Crippen LogP contribution in [0.2, 0.25) is 0 Å². The first-order chi connectivity index (χ1) is 7.70. The number of ether oxygens (including phenoxy) is 1. The Morgan fingerprint density at radius 3 is 2.50 bits per heavy atom. The molecule has 0 aromatic heterocycles. The van der Waals surface area contributed by atoms with Crippen molar-refractivity contribution in [3.63, 3.8) is 0 Å². The first-order valence-corrected chi connectivity index (χ1v) is 7.00. The van der Waals surface area contributed by atoms with Crippen LogP contribution in [0.1, 0.15) is 32.3 Å². The molecule has 1 rings (SSSR count). The van der Waals surface area contributed by atoms with Crippen molar-refractivity contribution in [3.8, 4) is 0 Å². The zero-order valence-electron chi connectivity index (χ0n) is 10.2. The third kappa shape index (κ3) is 4.67. The SMILES string of the molecule is CCC(C)(CBr)CCOCc1ccccc1. The Kier molecular flexibility index (Phi) is 6.07. The van der Waals surface area contributed by atoms with E-state index in [2.05, 4.69) is 41.9 Å². The minimum Gasteiger partial charge on any atom is -0.377 e. The quantitative estimate of drug-likeness (QED) is 0.533. The van der Waals surface area contributed by atoms with Gasteiger partial charge in [-0.05, 0) is 23.8 Å². The van der Waals surface area contributed by atoms with Crippen LogP contribution in [-0.4, -0.2) is 11.9 Å². The first kappa shape index (κ1) is 13.7. The monoisotopic (exact) mass is 284 g/mol. The fourth-order valence-corrected chi connectivity index (χ4v) is 2.10. The van der Waals surface area contributed by atoms with Crippen LogP contribution < -0.4 is 0 Å². The van der Waals surface area contributed by atoms with Gasteiger partial charge in [0.1, 0.15) is 0 Å². The molecule has 0 aliphatic heterocycles. The third-order valence-corrected chi connectivity index (χ3v) is 4.49. The van der Waals surface area contributed by atoms with Gasteiger partial charge in [-0.3, -0.25) is 0 Å². The van der Waals surface area contributed by atoms with E-state index in [1.165, 1.54) is 12.0 Å². The zero-order valence-corrected chi connectivity index (χ0v) is 11.8. The van der Waals surface area contributed by atoms with Crippen molar-refractivity contribution in [2.45, 2.75) is 33.3 Å². The van der Waals surface area contributed by atoms with Crippen molar-refractivity contribution >= 4 is 15.9 Å². The maximum absolute atomic E-state index is 5.70. The number of alkyl halides is 1. The van der Waals surface area contributed by atoms with Crippen molar-refractivity contribution in [3.05, 3.63) is 35.9 Å². The Balaban J connectivity index is 2.22. The lowest BCUT2D eigenvalue weighted by Crippen LogP contribution is -2.19. The lowest BCUT2D eigenvalue weighted by atomic mass is 9.87. The molecule has 0 heterocycles. The van der Waals surface area contributed by atoms with Gasteiger partial charge in [-0.25, -0.2) is 0 Å². The molecule has 2 heteroatoms. The van der Waals surface area contributed by atoms with Crippen LogP contribution >= 0.6 is 15.9 Å². The summed E-state index contributed by atoms with van der Waals surface area (Å²) in [6.07, 6.45) is 2.30. The van der Waals surface area contributed by atoms with Crippen molar-refractivity contribution < 1.29 is 4.74 Å². The van der Waals surface area contributed by atoms with E-state index < -0.39 is 0 Å². The number of rotatable bonds is 7. The van der Waals surface area contributed by atoms with Gasteiger partial charge in [-0.1, -0.05) is 60.1 Å². The number of hydrogen-bond acceptors (Lipinski definition) is 1. The summed E-state index contributed by atoms with van der Waals surface area (Å²) in [6.45, 7) is 6.10. The Labute approximate surface area is 107 Å². The molecule has 1 aromatic rings. The molecular formula is C14H21BrO. The van der Waals surface area contributed by atoms with Gasteiger partial charge in [0.2, 0.25) is 0 Å². The van der Waals surface area contributed by atoms with E-state index >= 15 is 0 Å². The van der Waals surface area contributed by atoms with Crippen LogP contribution in [0.15, 0.2) is 30.3 Å². The standard InChI is InChI=1S/C14H21BrO/c1-3-14(2,12-15)9-10-16-11-13-7-5-4-6-8-13/h4-8H,3,9-12H2,1-2H3. The fourth-order valence-electron chi connectivity index (χ4n) is 1.42. The molecule has 1 atom stereocenters. The van der Waals surface area contributed by atoms with E-state index in [0.29, 0.717) is 5.41 Å². The van der Waals surface area contributed by atoms with Gasteiger partial charge in [-0.2, -0.15) is 0 Å². The van der Waals surface area contributed by atoms with Crippen LogP contribution in [0.25, 0.3) is 0 Å². The molecule has 16 heavy (non-hydrogen) atoms. The van der Waals surface area contributed by atoms with E-state index in [1.54, 1.807) is 0 Å². The molecule has 1 unspecified atom stereocenters. The predicted octanol–water partition coefficient (Wildman–Crippen LogP) is 4.40. The zero-order chi connectivity index (χ0) is 11.9. The molecule has 0 aliphatic rings. The summed E-state index contributed by atoms with van der Waals surface area (Å²) in [7, 11) is 0. The third-order valence-electron chi connectivity index (χ3n) is 3.14. The maximum atomic E-state index is 5.70. The molecule has 0 saturated carbocycles. The number of hydrogen-bond donors (Lipinski definition) is 0. The highest BCUT2D eigenvalue weighted by Gasteiger charge is 2.19.